The van der Waals surface area contributed by atoms with Gasteiger partial charge in [-0.3, -0.25) is 20.0 Å². The lowest BCUT2D eigenvalue weighted by Crippen LogP contribution is -2.24. The van der Waals surface area contributed by atoms with Gasteiger partial charge in [-0.2, -0.15) is 5.10 Å². The maximum Gasteiger partial charge on any atom is 0.261 e. The molecule has 40 heavy (non-hydrogen) atoms. The Balaban J connectivity index is 1.28. The van der Waals surface area contributed by atoms with E-state index >= 15 is 4.39 Å². The average Bonchev–Trinajstić information content (AvgIpc) is 3.65. The molecule has 1 aliphatic heterocycles. The summed E-state index contributed by atoms with van der Waals surface area (Å²) in [5.74, 6) is -3.27. The molecule has 0 amide bonds. The molecule has 1 saturated heterocycles. The van der Waals surface area contributed by atoms with Crippen LogP contribution in [0.5, 0.6) is 0 Å². The minimum Gasteiger partial charge on any atom is -0.336 e. The second kappa shape index (κ2) is 9.23. The first kappa shape index (κ1) is 24.4. The summed E-state index contributed by atoms with van der Waals surface area (Å²) in [5.41, 5.74) is 4.49. The fourth-order valence-corrected chi connectivity index (χ4v) is 5.28. The Labute approximate surface area is 224 Å². The molecule has 2 aromatic carbocycles. The number of nitrogens with one attached hydrogen (secondary N) is 2. The first-order valence-electron chi connectivity index (χ1n) is 12.7. The van der Waals surface area contributed by atoms with Gasteiger partial charge in [-0.15, -0.1) is 0 Å². The monoisotopic (exact) mass is 543 g/mol. The zero-order valence-electron chi connectivity index (χ0n) is 20.9. The summed E-state index contributed by atoms with van der Waals surface area (Å²) in [4.78, 5) is 18.2. The predicted molar refractivity (Wildman–Crippen MR) is 142 cm³/mol. The largest absolute Gasteiger partial charge is 0.336 e. The van der Waals surface area contributed by atoms with Crippen molar-refractivity contribution in [1.29, 1.82) is 0 Å². The molecule has 2 N–H and O–H groups in total. The molecule has 0 unspecified atom stereocenters. The Bertz CT molecular complexity index is 1890. The van der Waals surface area contributed by atoms with Gasteiger partial charge >= 0.3 is 0 Å². The van der Waals surface area contributed by atoms with Crippen LogP contribution in [-0.4, -0.2) is 54.0 Å². The molecule has 0 saturated carbocycles. The molecule has 1 aliphatic rings. The third-order valence-electron chi connectivity index (χ3n) is 7.15. The van der Waals surface area contributed by atoms with E-state index in [1.807, 2.05) is 0 Å². The van der Waals surface area contributed by atoms with Gasteiger partial charge < -0.3 is 4.98 Å². The number of hydrogen-bond acceptors (Lipinski definition) is 5. The number of benzene rings is 2. The van der Waals surface area contributed by atoms with E-state index in [-0.39, 0.29) is 24.0 Å². The maximum absolute atomic E-state index is 16.1. The van der Waals surface area contributed by atoms with Crippen LogP contribution in [0, 0.1) is 11.6 Å². The molecule has 1 fully saturated rings. The van der Waals surface area contributed by atoms with Crippen LogP contribution in [0.3, 0.4) is 0 Å². The van der Waals surface area contributed by atoms with E-state index < -0.39 is 17.6 Å². The number of rotatable bonds is 5. The van der Waals surface area contributed by atoms with Crippen LogP contribution < -0.4 is 0 Å². The average molecular weight is 544 g/mol. The third-order valence-corrected chi connectivity index (χ3v) is 7.15. The minimum absolute atomic E-state index is 0.170. The summed E-state index contributed by atoms with van der Waals surface area (Å²) >= 11 is 0. The molecule has 0 atom stereocenters. The number of nitrogens with zero attached hydrogens (tertiary/aromatic N) is 5. The molecule has 4 aromatic heterocycles. The molecular weight excluding hydrogens is 522 g/mol. The number of alkyl halides is 2. The van der Waals surface area contributed by atoms with Crippen molar-refractivity contribution in [1.82, 2.24) is 35.0 Å². The van der Waals surface area contributed by atoms with Crippen LogP contribution in [-0.2, 0) is 6.54 Å². The zero-order chi connectivity index (χ0) is 27.4. The Kier molecular flexibility index (Phi) is 5.63. The maximum atomic E-state index is 16.1. The first-order valence-corrected chi connectivity index (χ1v) is 12.7. The molecule has 0 spiro atoms. The van der Waals surface area contributed by atoms with Crippen LogP contribution in [0.2, 0.25) is 0 Å². The Morgan fingerprint density at radius 3 is 2.67 bits per heavy atom. The van der Waals surface area contributed by atoms with Crippen LogP contribution in [0.1, 0.15) is 12.0 Å². The number of aromatic nitrogens is 6. The number of imidazole rings is 1. The number of H-pyrrole nitrogens is 2. The highest BCUT2D eigenvalue weighted by Gasteiger charge is 2.38. The van der Waals surface area contributed by atoms with Gasteiger partial charge in [-0.25, -0.2) is 22.5 Å². The first-order chi connectivity index (χ1) is 19.3. The topological polar surface area (TPSA) is 86.4 Å². The van der Waals surface area contributed by atoms with Gasteiger partial charge in [0.25, 0.3) is 5.92 Å². The fourth-order valence-electron chi connectivity index (χ4n) is 5.28. The van der Waals surface area contributed by atoms with Crippen molar-refractivity contribution in [2.45, 2.75) is 18.9 Å². The van der Waals surface area contributed by atoms with Crippen LogP contribution in [0.25, 0.3) is 55.8 Å². The molecule has 0 bridgehead atoms. The summed E-state index contributed by atoms with van der Waals surface area (Å²) in [7, 11) is 0. The second-order valence-electron chi connectivity index (χ2n) is 9.97. The lowest BCUT2D eigenvalue weighted by molar-refractivity contribution is 0.0115. The Hall–Kier alpha value is -4.64. The standard InChI is InChI=1S/C29H21F4N7/c30-19-3-1-2-17(11-19)25-26-22(6-8-35-25)36-28(37-26)27-23-21(38-39-27)5-4-20(24(23)31)18-10-16(12-34-13-18)14-40-9-7-29(32,33)15-40/h1-6,8,10-13H,7,9,14-15H2,(H,36,37)(H,38,39). The highest BCUT2D eigenvalue weighted by atomic mass is 19.3. The third kappa shape index (κ3) is 4.28. The molecule has 11 heteroatoms. The van der Waals surface area contributed by atoms with Gasteiger partial charge in [-0.1, -0.05) is 12.1 Å². The summed E-state index contributed by atoms with van der Waals surface area (Å²) in [5, 5.41) is 7.44. The van der Waals surface area contributed by atoms with Crippen molar-refractivity contribution in [3.63, 3.8) is 0 Å². The van der Waals surface area contributed by atoms with Crippen molar-refractivity contribution in [3.8, 4) is 33.9 Å². The molecule has 6 aromatic rings. The normalized spacial score (nSPS) is 15.4. The van der Waals surface area contributed by atoms with E-state index in [4.69, 9.17) is 0 Å². The molecule has 0 aliphatic carbocycles. The summed E-state index contributed by atoms with van der Waals surface area (Å²) in [6.07, 6.45) is 4.58. The van der Waals surface area contributed by atoms with E-state index in [1.165, 1.54) is 12.1 Å². The summed E-state index contributed by atoms with van der Waals surface area (Å²) in [6, 6.07) is 12.9. The van der Waals surface area contributed by atoms with Crippen LogP contribution >= 0.6 is 0 Å². The molecular formula is C29H21F4N7. The Morgan fingerprint density at radius 1 is 0.950 bits per heavy atom. The van der Waals surface area contributed by atoms with Crippen LogP contribution in [0.4, 0.5) is 17.6 Å². The van der Waals surface area contributed by atoms with E-state index in [2.05, 4.69) is 30.1 Å². The number of hydrogen-bond donors (Lipinski definition) is 2. The van der Waals surface area contributed by atoms with E-state index in [0.29, 0.717) is 57.8 Å². The number of pyridine rings is 2. The number of aromatic amines is 2. The van der Waals surface area contributed by atoms with Crippen molar-refractivity contribution in [2.24, 2.45) is 0 Å². The van der Waals surface area contributed by atoms with E-state index in [1.54, 1.807) is 59.9 Å². The summed E-state index contributed by atoms with van der Waals surface area (Å²) < 4.78 is 57.3. The van der Waals surface area contributed by atoms with Crippen molar-refractivity contribution in [3.05, 3.63) is 84.3 Å². The van der Waals surface area contributed by atoms with Crippen LogP contribution in [0.15, 0.2) is 67.1 Å². The van der Waals surface area contributed by atoms with Gasteiger partial charge in [0.1, 0.15) is 22.8 Å². The zero-order valence-corrected chi connectivity index (χ0v) is 20.9. The lowest BCUT2D eigenvalue weighted by atomic mass is 10.0. The predicted octanol–water partition coefficient (Wildman–Crippen LogP) is 6.35. The highest BCUT2D eigenvalue weighted by Crippen LogP contribution is 2.35. The smallest absolute Gasteiger partial charge is 0.261 e. The minimum atomic E-state index is -2.69. The highest BCUT2D eigenvalue weighted by molar-refractivity contribution is 5.98. The fraction of sp³-hybridized carbons (Fsp3) is 0.172. The van der Waals surface area contributed by atoms with Gasteiger partial charge in [0, 0.05) is 54.8 Å². The van der Waals surface area contributed by atoms with Crippen molar-refractivity contribution < 1.29 is 17.6 Å². The number of fused-ring (bicyclic) bond motifs is 2. The molecule has 5 heterocycles. The number of likely N-dealkylation sites (tertiary alicyclic amines) is 1. The number of halogens is 4. The molecule has 7 rings (SSSR count). The molecule has 7 nitrogen and oxygen atoms in total. The van der Waals surface area contributed by atoms with E-state index in [0.717, 1.165) is 5.56 Å². The molecule has 200 valence electrons. The van der Waals surface area contributed by atoms with Crippen molar-refractivity contribution >= 4 is 21.9 Å². The lowest BCUT2D eigenvalue weighted by Gasteiger charge is -2.16. The van der Waals surface area contributed by atoms with Gasteiger partial charge in [0.05, 0.1) is 28.7 Å². The van der Waals surface area contributed by atoms with Crippen molar-refractivity contribution in [2.75, 3.05) is 13.1 Å². The van der Waals surface area contributed by atoms with Gasteiger partial charge in [0.2, 0.25) is 0 Å². The second-order valence-corrected chi connectivity index (χ2v) is 9.97. The van der Waals surface area contributed by atoms with E-state index in [9.17, 15) is 13.2 Å². The van der Waals surface area contributed by atoms with Gasteiger partial charge in [-0.05, 0) is 42.0 Å². The molecule has 0 radical (unpaired) electrons. The SMILES string of the molecule is Fc1cccc(-c2nccc3[nH]c(-c4n[nH]c5ccc(-c6cncc(CN7CCC(F)(F)C7)c6)c(F)c45)nc23)c1. The quantitative estimate of drug-likeness (QED) is 0.248. The Morgan fingerprint density at radius 2 is 1.85 bits per heavy atom. The van der Waals surface area contributed by atoms with Gasteiger partial charge in [0.15, 0.2) is 5.82 Å². The summed E-state index contributed by atoms with van der Waals surface area (Å²) in [6.45, 7) is 0.297.